The molecule has 0 unspecified atom stereocenters. The number of carbonyl (C=O) groups excluding carboxylic acids is 1. The molecule has 14 heavy (non-hydrogen) atoms. The van der Waals surface area contributed by atoms with Crippen molar-refractivity contribution in [3.63, 3.8) is 0 Å². The second-order valence-corrected chi connectivity index (χ2v) is 4.27. The number of hydrogen-bond donors (Lipinski definition) is 0. The summed E-state index contributed by atoms with van der Waals surface area (Å²) in [5.41, 5.74) is 0. The third-order valence-electron chi connectivity index (χ3n) is 2.84. The fourth-order valence-corrected chi connectivity index (χ4v) is 1.87. The normalized spacial score (nSPS) is 19.9. The van der Waals surface area contributed by atoms with E-state index in [-0.39, 0.29) is 5.92 Å². The summed E-state index contributed by atoms with van der Waals surface area (Å²) in [4.78, 5) is 16.2. The molecule has 0 aromatic heterocycles. The molecule has 82 valence electrons. The summed E-state index contributed by atoms with van der Waals surface area (Å²) < 4.78 is 0. The molecule has 1 fully saturated rings. The minimum atomic E-state index is 0.142. The van der Waals surface area contributed by atoms with E-state index >= 15 is 0 Å². The highest BCUT2D eigenvalue weighted by molar-refractivity contribution is 5.78. The predicted octanol–water partition coefficient (Wildman–Crippen LogP) is 1.20. The van der Waals surface area contributed by atoms with Gasteiger partial charge in [0.25, 0.3) is 0 Å². The number of rotatable bonds is 2. The largest absolute Gasteiger partial charge is 0.341 e. The number of likely N-dealkylation sites (N-methyl/N-ethyl adjacent to an activating group) is 1. The lowest BCUT2D eigenvalue weighted by atomic mass is 10.2. The van der Waals surface area contributed by atoms with E-state index in [1.54, 1.807) is 0 Å². The van der Waals surface area contributed by atoms with Gasteiger partial charge in [0.1, 0.15) is 0 Å². The first-order valence-corrected chi connectivity index (χ1v) is 5.66. The molecule has 1 saturated heterocycles. The maximum Gasteiger partial charge on any atom is 0.225 e. The number of amides is 1. The smallest absolute Gasteiger partial charge is 0.225 e. The van der Waals surface area contributed by atoms with Crippen LogP contribution in [-0.4, -0.2) is 48.4 Å². The van der Waals surface area contributed by atoms with Crippen molar-refractivity contribution in [2.45, 2.75) is 27.2 Å². The van der Waals surface area contributed by atoms with Gasteiger partial charge >= 0.3 is 0 Å². The summed E-state index contributed by atoms with van der Waals surface area (Å²) >= 11 is 0. The molecule has 1 aliphatic heterocycles. The molecule has 0 N–H and O–H groups in total. The highest BCUT2D eigenvalue weighted by Crippen LogP contribution is 2.07. The summed E-state index contributed by atoms with van der Waals surface area (Å²) in [7, 11) is 0. The second-order valence-electron chi connectivity index (χ2n) is 4.27. The van der Waals surface area contributed by atoms with Gasteiger partial charge in [-0.25, -0.2) is 0 Å². The molecular weight excluding hydrogens is 176 g/mol. The lowest BCUT2D eigenvalue weighted by molar-refractivity contribution is -0.134. The van der Waals surface area contributed by atoms with Gasteiger partial charge < -0.3 is 9.80 Å². The minimum absolute atomic E-state index is 0.142. The average molecular weight is 198 g/mol. The van der Waals surface area contributed by atoms with Crippen LogP contribution in [0.1, 0.15) is 27.2 Å². The summed E-state index contributed by atoms with van der Waals surface area (Å²) in [5, 5.41) is 0. The Hall–Kier alpha value is -0.570. The van der Waals surface area contributed by atoms with Crippen LogP contribution in [0.2, 0.25) is 0 Å². The van der Waals surface area contributed by atoms with Crippen LogP contribution in [0.5, 0.6) is 0 Å². The molecule has 0 saturated carbocycles. The molecule has 1 heterocycles. The van der Waals surface area contributed by atoms with Crippen molar-refractivity contribution in [3.8, 4) is 0 Å². The van der Waals surface area contributed by atoms with Crippen LogP contribution in [0.25, 0.3) is 0 Å². The first kappa shape index (κ1) is 11.5. The molecule has 1 amide bonds. The number of hydrogen-bond acceptors (Lipinski definition) is 2. The van der Waals surface area contributed by atoms with Crippen molar-refractivity contribution in [3.05, 3.63) is 0 Å². The zero-order chi connectivity index (χ0) is 10.6. The van der Waals surface area contributed by atoms with Gasteiger partial charge in [-0.2, -0.15) is 0 Å². The Morgan fingerprint density at radius 3 is 2.50 bits per heavy atom. The Kier molecular flexibility index (Phi) is 4.39. The van der Waals surface area contributed by atoms with Gasteiger partial charge in [0.15, 0.2) is 0 Å². The molecule has 0 radical (unpaired) electrons. The molecule has 0 spiro atoms. The van der Waals surface area contributed by atoms with Crippen LogP contribution in [0, 0.1) is 5.92 Å². The standard InChI is InChI=1S/C11H22N2O/c1-4-12-6-5-7-13(9-8-12)11(14)10(2)3/h10H,4-9H2,1-3H3. The minimum Gasteiger partial charge on any atom is -0.341 e. The van der Waals surface area contributed by atoms with Crippen molar-refractivity contribution in [1.82, 2.24) is 9.80 Å². The highest BCUT2D eigenvalue weighted by atomic mass is 16.2. The molecule has 1 aliphatic rings. The SMILES string of the molecule is CCN1CCCN(C(=O)C(C)C)CC1. The van der Waals surface area contributed by atoms with Crippen molar-refractivity contribution in [1.29, 1.82) is 0 Å². The van der Waals surface area contributed by atoms with Crippen molar-refractivity contribution < 1.29 is 4.79 Å². The van der Waals surface area contributed by atoms with Crippen LogP contribution >= 0.6 is 0 Å². The van der Waals surface area contributed by atoms with Crippen molar-refractivity contribution in [2.24, 2.45) is 5.92 Å². The summed E-state index contributed by atoms with van der Waals surface area (Å²) in [6, 6.07) is 0. The fraction of sp³-hybridized carbons (Fsp3) is 0.909. The van der Waals surface area contributed by atoms with E-state index in [0.717, 1.165) is 39.1 Å². The first-order chi connectivity index (χ1) is 6.65. The Bertz CT molecular complexity index is 192. The summed E-state index contributed by atoms with van der Waals surface area (Å²) in [6.07, 6.45) is 1.12. The van der Waals surface area contributed by atoms with E-state index < -0.39 is 0 Å². The molecule has 0 aliphatic carbocycles. The lowest BCUT2D eigenvalue weighted by Crippen LogP contribution is -2.37. The molecule has 3 nitrogen and oxygen atoms in total. The number of nitrogens with zero attached hydrogens (tertiary/aromatic N) is 2. The quantitative estimate of drug-likeness (QED) is 0.665. The van der Waals surface area contributed by atoms with Crippen LogP contribution in [-0.2, 0) is 4.79 Å². The Labute approximate surface area is 87.1 Å². The van der Waals surface area contributed by atoms with E-state index in [1.807, 2.05) is 18.7 Å². The summed E-state index contributed by atoms with van der Waals surface area (Å²) in [6.45, 7) is 11.3. The monoisotopic (exact) mass is 198 g/mol. The van der Waals surface area contributed by atoms with Crippen molar-refractivity contribution in [2.75, 3.05) is 32.7 Å². The van der Waals surface area contributed by atoms with Gasteiger partial charge in [-0.1, -0.05) is 20.8 Å². The third kappa shape index (κ3) is 2.98. The average Bonchev–Trinajstić information content (AvgIpc) is 2.41. The zero-order valence-electron chi connectivity index (χ0n) is 9.62. The predicted molar refractivity (Wildman–Crippen MR) is 58.1 cm³/mol. The Morgan fingerprint density at radius 2 is 1.93 bits per heavy atom. The van der Waals surface area contributed by atoms with Gasteiger partial charge in [0, 0.05) is 25.6 Å². The topological polar surface area (TPSA) is 23.6 Å². The third-order valence-corrected chi connectivity index (χ3v) is 2.84. The molecule has 0 aromatic rings. The van der Waals surface area contributed by atoms with Gasteiger partial charge in [-0.15, -0.1) is 0 Å². The Balaban J connectivity index is 2.45. The van der Waals surface area contributed by atoms with E-state index in [0.29, 0.717) is 5.91 Å². The maximum atomic E-state index is 11.8. The maximum absolute atomic E-state index is 11.8. The molecule has 1 rings (SSSR count). The second kappa shape index (κ2) is 5.35. The van der Waals surface area contributed by atoms with Gasteiger partial charge in [-0.3, -0.25) is 4.79 Å². The van der Waals surface area contributed by atoms with Crippen LogP contribution in [0.3, 0.4) is 0 Å². The highest BCUT2D eigenvalue weighted by Gasteiger charge is 2.19. The van der Waals surface area contributed by atoms with E-state index in [2.05, 4.69) is 11.8 Å². The first-order valence-electron chi connectivity index (χ1n) is 5.66. The molecule has 0 atom stereocenters. The number of carbonyl (C=O) groups is 1. The molecule has 0 bridgehead atoms. The van der Waals surface area contributed by atoms with E-state index in [4.69, 9.17) is 0 Å². The Morgan fingerprint density at radius 1 is 1.21 bits per heavy atom. The zero-order valence-corrected chi connectivity index (χ0v) is 9.62. The molecule has 0 aromatic carbocycles. The van der Waals surface area contributed by atoms with Crippen LogP contribution < -0.4 is 0 Å². The van der Waals surface area contributed by atoms with Crippen LogP contribution in [0.15, 0.2) is 0 Å². The van der Waals surface area contributed by atoms with E-state index in [9.17, 15) is 4.79 Å². The van der Waals surface area contributed by atoms with E-state index in [1.165, 1.54) is 0 Å². The van der Waals surface area contributed by atoms with Gasteiger partial charge in [0.2, 0.25) is 5.91 Å². The fourth-order valence-electron chi connectivity index (χ4n) is 1.87. The summed E-state index contributed by atoms with van der Waals surface area (Å²) in [5.74, 6) is 0.450. The molecule has 3 heteroatoms. The van der Waals surface area contributed by atoms with Crippen LogP contribution in [0.4, 0.5) is 0 Å². The van der Waals surface area contributed by atoms with Crippen molar-refractivity contribution >= 4 is 5.91 Å². The van der Waals surface area contributed by atoms with Gasteiger partial charge in [-0.05, 0) is 19.5 Å². The lowest BCUT2D eigenvalue weighted by Gasteiger charge is -2.22. The van der Waals surface area contributed by atoms with Gasteiger partial charge in [0.05, 0.1) is 0 Å². The molecular formula is C11H22N2O.